The highest BCUT2D eigenvalue weighted by Crippen LogP contribution is 2.42. The molecule has 0 bridgehead atoms. The van der Waals surface area contributed by atoms with Gasteiger partial charge in [-0.15, -0.1) is 0 Å². The van der Waals surface area contributed by atoms with Gasteiger partial charge in [-0.05, 0) is 12.8 Å². The third-order valence-electron chi connectivity index (χ3n) is 3.82. The summed E-state index contributed by atoms with van der Waals surface area (Å²) in [5, 5.41) is 9.11. The normalized spacial score (nSPS) is 18.3. The fraction of sp³-hybridized carbons (Fsp3) is 0.692. The van der Waals surface area contributed by atoms with Crippen LogP contribution in [0.3, 0.4) is 0 Å². The fourth-order valence-electron chi connectivity index (χ4n) is 2.75. The lowest BCUT2D eigenvalue weighted by atomic mass is 10.1. The molecule has 1 atom stereocenters. The van der Waals surface area contributed by atoms with E-state index in [1.54, 1.807) is 4.57 Å². The number of carbonyl (C=O) groups is 1. The van der Waals surface area contributed by atoms with Crippen molar-refractivity contribution in [2.75, 3.05) is 24.2 Å². The van der Waals surface area contributed by atoms with E-state index in [4.69, 9.17) is 5.11 Å². The van der Waals surface area contributed by atoms with Crippen molar-refractivity contribution >= 4 is 19.5 Å². The molecule has 1 aromatic heterocycles. The van der Waals surface area contributed by atoms with Crippen molar-refractivity contribution in [3.05, 3.63) is 11.9 Å². The largest absolute Gasteiger partial charge is 0.476 e. The predicted molar refractivity (Wildman–Crippen MR) is 81.5 cm³/mol. The van der Waals surface area contributed by atoms with Gasteiger partial charge in [0.1, 0.15) is 0 Å². The van der Waals surface area contributed by atoms with E-state index in [0.29, 0.717) is 18.9 Å². The molecule has 22 heavy (non-hydrogen) atoms. The zero-order chi connectivity index (χ0) is 16.3. The van der Waals surface area contributed by atoms with Crippen LogP contribution in [0.5, 0.6) is 0 Å². The molecule has 0 unspecified atom stereocenters. The zero-order valence-electron chi connectivity index (χ0n) is 12.6. The molecule has 1 aromatic rings. The summed E-state index contributed by atoms with van der Waals surface area (Å²) < 4.78 is 12.9. The van der Waals surface area contributed by atoms with Crippen LogP contribution in [-0.4, -0.2) is 49.7 Å². The molecule has 0 saturated heterocycles. The third-order valence-corrected chi connectivity index (χ3v) is 4.72. The monoisotopic (exact) mass is 331 g/mol. The van der Waals surface area contributed by atoms with E-state index in [-0.39, 0.29) is 11.9 Å². The first kappa shape index (κ1) is 17.0. The Morgan fingerprint density at radius 1 is 1.45 bits per heavy atom. The number of hydrogen-bond acceptors (Lipinski definition) is 4. The van der Waals surface area contributed by atoms with E-state index < -0.39 is 19.6 Å². The maximum absolute atomic E-state index is 11.3. The Labute approximate surface area is 128 Å². The molecule has 0 fully saturated rings. The summed E-state index contributed by atoms with van der Waals surface area (Å²) in [5.41, 5.74) is -0.0897. The van der Waals surface area contributed by atoms with Crippen LogP contribution in [-0.2, 0) is 4.57 Å². The van der Waals surface area contributed by atoms with Crippen LogP contribution in [0.1, 0.15) is 49.1 Å². The Morgan fingerprint density at radius 3 is 2.77 bits per heavy atom. The molecular weight excluding hydrogens is 309 g/mol. The lowest BCUT2D eigenvalue weighted by molar-refractivity contribution is 0.0691. The second kappa shape index (κ2) is 6.81. The molecule has 0 aliphatic carbocycles. The van der Waals surface area contributed by atoms with Crippen molar-refractivity contribution in [3.8, 4) is 0 Å². The molecule has 1 aliphatic rings. The summed E-state index contributed by atoms with van der Waals surface area (Å²) in [5.74, 6) is -0.636. The van der Waals surface area contributed by atoms with Crippen LogP contribution in [0.15, 0.2) is 6.20 Å². The average Bonchev–Trinajstić information content (AvgIpc) is 2.85. The summed E-state index contributed by atoms with van der Waals surface area (Å²) in [7, 11) is -4.16. The van der Waals surface area contributed by atoms with Gasteiger partial charge in [-0.1, -0.05) is 19.8 Å². The number of fused-ring (bicyclic) bond motifs is 1. The third kappa shape index (κ3) is 4.09. The molecule has 124 valence electrons. The fourth-order valence-corrected chi connectivity index (χ4v) is 3.66. The first-order valence-corrected chi connectivity index (χ1v) is 9.23. The molecular formula is C13H22N3O5P. The van der Waals surface area contributed by atoms with E-state index in [2.05, 4.69) is 11.9 Å². The zero-order valence-corrected chi connectivity index (χ0v) is 13.4. The van der Waals surface area contributed by atoms with Crippen molar-refractivity contribution < 1.29 is 24.3 Å². The van der Waals surface area contributed by atoms with Crippen LogP contribution < -0.4 is 4.90 Å². The molecule has 0 saturated carbocycles. The quantitative estimate of drug-likeness (QED) is 0.514. The number of anilines is 1. The van der Waals surface area contributed by atoms with Gasteiger partial charge in [-0.2, -0.15) is 0 Å². The minimum Gasteiger partial charge on any atom is -0.476 e. The first-order valence-electron chi connectivity index (χ1n) is 7.43. The molecule has 3 N–H and O–H groups in total. The van der Waals surface area contributed by atoms with Crippen molar-refractivity contribution in [1.82, 2.24) is 9.55 Å². The van der Waals surface area contributed by atoms with E-state index in [1.807, 2.05) is 4.90 Å². The number of carboxylic acid groups (broad SMARTS) is 1. The first-order chi connectivity index (χ1) is 10.3. The van der Waals surface area contributed by atoms with Gasteiger partial charge in [0.25, 0.3) is 0 Å². The Bertz CT molecular complexity index is 582. The van der Waals surface area contributed by atoms with E-state index >= 15 is 0 Å². The highest BCUT2D eigenvalue weighted by atomic mass is 31.2. The van der Waals surface area contributed by atoms with Crippen molar-refractivity contribution in [2.24, 2.45) is 0 Å². The number of carboxylic acids is 1. The predicted octanol–water partition coefficient (Wildman–Crippen LogP) is 1.70. The van der Waals surface area contributed by atoms with Gasteiger partial charge in [-0.25, -0.2) is 9.78 Å². The standard InChI is InChI=1S/C13H22N3O5P/c1-2-3-4-6-15-7-5-10(9-22(19,20)21)16-8-11(12(17)18)14-13(15)16/h8,10H,2-7,9H2,1H3,(H,17,18)(H2,19,20,21)/t10-/m0/s1. The molecule has 0 radical (unpaired) electrons. The van der Waals surface area contributed by atoms with Gasteiger partial charge in [0.05, 0.1) is 6.16 Å². The van der Waals surface area contributed by atoms with Gasteiger partial charge in [0.2, 0.25) is 5.95 Å². The highest BCUT2D eigenvalue weighted by Gasteiger charge is 2.32. The summed E-state index contributed by atoms with van der Waals surface area (Å²) in [6.07, 6.45) is 4.80. The Hall–Kier alpha value is -1.37. The van der Waals surface area contributed by atoms with Crippen molar-refractivity contribution in [2.45, 2.75) is 38.6 Å². The van der Waals surface area contributed by atoms with Crippen LogP contribution >= 0.6 is 7.60 Å². The van der Waals surface area contributed by atoms with Crippen LogP contribution in [0, 0.1) is 0 Å². The number of imidazole rings is 1. The number of rotatable bonds is 7. The molecule has 0 amide bonds. The van der Waals surface area contributed by atoms with Crippen molar-refractivity contribution in [1.29, 1.82) is 0 Å². The average molecular weight is 331 g/mol. The number of aromatic carboxylic acids is 1. The molecule has 9 heteroatoms. The molecule has 1 aliphatic heterocycles. The van der Waals surface area contributed by atoms with Gasteiger partial charge < -0.3 is 24.4 Å². The van der Waals surface area contributed by atoms with Gasteiger partial charge in [0, 0.05) is 25.3 Å². The van der Waals surface area contributed by atoms with E-state index in [9.17, 15) is 19.1 Å². The SMILES string of the molecule is CCCCCN1CC[C@@H](CP(=O)(O)O)n2cc(C(=O)O)nc21. The molecule has 2 heterocycles. The van der Waals surface area contributed by atoms with Crippen LogP contribution in [0.2, 0.25) is 0 Å². The lowest BCUT2D eigenvalue weighted by Crippen LogP contribution is -2.36. The second-order valence-electron chi connectivity index (χ2n) is 5.62. The maximum Gasteiger partial charge on any atom is 0.356 e. The summed E-state index contributed by atoms with van der Waals surface area (Å²) >= 11 is 0. The number of nitrogens with zero attached hydrogens (tertiary/aromatic N) is 3. The molecule has 0 aromatic carbocycles. The van der Waals surface area contributed by atoms with Gasteiger partial charge in [0.15, 0.2) is 5.69 Å². The van der Waals surface area contributed by atoms with Gasteiger partial charge >= 0.3 is 13.6 Å². The number of hydrogen-bond donors (Lipinski definition) is 3. The molecule has 0 spiro atoms. The smallest absolute Gasteiger partial charge is 0.356 e. The van der Waals surface area contributed by atoms with Crippen LogP contribution in [0.4, 0.5) is 5.95 Å². The Morgan fingerprint density at radius 2 is 2.18 bits per heavy atom. The van der Waals surface area contributed by atoms with Crippen molar-refractivity contribution in [3.63, 3.8) is 0 Å². The maximum atomic E-state index is 11.3. The van der Waals surface area contributed by atoms with E-state index in [1.165, 1.54) is 6.20 Å². The molecule has 8 nitrogen and oxygen atoms in total. The minimum atomic E-state index is -4.16. The Balaban J connectivity index is 2.25. The topological polar surface area (TPSA) is 116 Å². The number of aromatic nitrogens is 2. The lowest BCUT2D eigenvalue weighted by Gasteiger charge is -2.34. The van der Waals surface area contributed by atoms with E-state index in [0.717, 1.165) is 25.8 Å². The minimum absolute atomic E-state index is 0.0897. The Kier molecular flexibility index (Phi) is 5.26. The molecule has 2 rings (SSSR count). The highest BCUT2D eigenvalue weighted by molar-refractivity contribution is 7.51. The summed E-state index contributed by atoms with van der Waals surface area (Å²) in [4.78, 5) is 35.7. The number of unbranched alkanes of at least 4 members (excludes halogenated alkanes) is 2. The van der Waals surface area contributed by atoms with Crippen LogP contribution in [0.25, 0.3) is 0 Å². The second-order valence-corrected chi connectivity index (χ2v) is 7.32. The van der Waals surface area contributed by atoms with Gasteiger partial charge in [-0.3, -0.25) is 4.57 Å². The summed E-state index contributed by atoms with van der Waals surface area (Å²) in [6.45, 7) is 3.51. The summed E-state index contributed by atoms with van der Waals surface area (Å²) in [6, 6.07) is -0.418.